The molecule has 0 aliphatic heterocycles. The minimum Gasteiger partial charge on any atom is -0.455 e. The van der Waals surface area contributed by atoms with Gasteiger partial charge in [0.05, 0.1) is 0 Å². The highest BCUT2D eigenvalue weighted by atomic mass is 16.3. The lowest BCUT2D eigenvalue weighted by Gasteiger charge is -2.28. The monoisotopic (exact) mass is 922 g/mol. The van der Waals surface area contributed by atoms with Crippen molar-refractivity contribution < 1.29 is 4.42 Å². The van der Waals surface area contributed by atoms with Crippen LogP contribution < -0.4 is 9.80 Å². The van der Waals surface area contributed by atoms with Gasteiger partial charge in [0.25, 0.3) is 0 Å². The number of para-hydroxylation sites is 3. The molecular formula is C69H50N2O. The lowest BCUT2D eigenvalue weighted by molar-refractivity contribution is 0.660. The first kappa shape index (κ1) is 42.9. The van der Waals surface area contributed by atoms with Gasteiger partial charge in [0.2, 0.25) is 0 Å². The van der Waals surface area contributed by atoms with Crippen LogP contribution in [0.2, 0.25) is 0 Å². The maximum absolute atomic E-state index is 7.02. The zero-order valence-electron chi connectivity index (χ0n) is 40.2. The molecule has 0 N–H and O–H groups in total. The van der Waals surface area contributed by atoms with E-state index in [0.717, 1.165) is 78.3 Å². The highest BCUT2D eigenvalue weighted by Gasteiger charge is 2.36. The number of benzene rings is 11. The lowest BCUT2D eigenvalue weighted by atomic mass is 9.82. The van der Waals surface area contributed by atoms with Gasteiger partial charge in [-0.1, -0.05) is 208 Å². The molecule has 3 heteroatoms. The van der Waals surface area contributed by atoms with Crippen molar-refractivity contribution in [3.05, 3.63) is 278 Å². The van der Waals surface area contributed by atoms with Crippen LogP contribution in [0.4, 0.5) is 34.1 Å². The van der Waals surface area contributed by atoms with Crippen molar-refractivity contribution >= 4 is 56.1 Å². The van der Waals surface area contributed by atoms with E-state index in [1.165, 1.54) is 44.5 Å². The van der Waals surface area contributed by atoms with Crippen molar-refractivity contribution in [2.75, 3.05) is 9.80 Å². The fourth-order valence-corrected chi connectivity index (χ4v) is 11.0. The van der Waals surface area contributed by atoms with Gasteiger partial charge in [-0.25, -0.2) is 0 Å². The molecule has 72 heavy (non-hydrogen) atoms. The average molecular weight is 923 g/mol. The maximum Gasteiger partial charge on any atom is 0.143 e. The van der Waals surface area contributed by atoms with Gasteiger partial charge in [0, 0.05) is 61.4 Å². The molecule has 0 radical (unpaired) electrons. The smallest absolute Gasteiger partial charge is 0.143 e. The Hall–Kier alpha value is -9.18. The standard InChI is InChI=1S/C69H50N2O/c1-69(2)65-27-13-12-22-61(65)62-45-44-58(46-66(62)69)71(56-38-30-50(31-39-56)48-18-8-4-9-19-48)57-42-34-52(35-43-57)60-24-15-26-64-63-25-14-23-59(67(63)72-68(60)64)51-32-40-55(41-33-51)70(53-20-10-5-11-21-53)54-36-28-49(29-37-54)47-16-6-3-7-17-47/h3-46H,1-2H3. The van der Waals surface area contributed by atoms with E-state index in [1.807, 2.05) is 0 Å². The Morgan fingerprint density at radius 2 is 0.611 bits per heavy atom. The Kier molecular flexibility index (Phi) is 10.5. The second-order valence-corrected chi connectivity index (χ2v) is 19.3. The Labute approximate surface area is 421 Å². The molecule has 1 aliphatic rings. The van der Waals surface area contributed by atoms with Crippen molar-refractivity contribution in [1.82, 2.24) is 0 Å². The fraction of sp³-hybridized carbons (Fsp3) is 0.0435. The van der Waals surface area contributed by atoms with Gasteiger partial charge in [-0.05, 0) is 128 Å². The quantitative estimate of drug-likeness (QED) is 0.136. The first-order valence-corrected chi connectivity index (χ1v) is 24.8. The van der Waals surface area contributed by atoms with Gasteiger partial charge >= 0.3 is 0 Å². The van der Waals surface area contributed by atoms with Crippen LogP contribution in [0.15, 0.2) is 271 Å². The summed E-state index contributed by atoms with van der Waals surface area (Å²) in [6, 6.07) is 96.1. The summed E-state index contributed by atoms with van der Waals surface area (Å²) in [6.07, 6.45) is 0. The van der Waals surface area contributed by atoms with E-state index in [2.05, 4.69) is 291 Å². The van der Waals surface area contributed by atoms with Crippen LogP contribution in [0.25, 0.3) is 77.6 Å². The summed E-state index contributed by atoms with van der Waals surface area (Å²) in [6.45, 7) is 4.69. The first-order valence-electron chi connectivity index (χ1n) is 24.8. The lowest BCUT2D eigenvalue weighted by Crippen LogP contribution is -2.16. The van der Waals surface area contributed by atoms with Gasteiger partial charge < -0.3 is 14.2 Å². The van der Waals surface area contributed by atoms with E-state index in [0.29, 0.717) is 0 Å². The number of rotatable bonds is 10. The van der Waals surface area contributed by atoms with Gasteiger partial charge in [0.1, 0.15) is 11.2 Å². The summed E-state index contributed by atoms with van der Waals surface area (Å²) < 4.78 is 7.02. The average Bonchev–Trinajstić information content (AvgIpc) is 3.94. The van der Waals surface area contributed by atoms with Crippen LogP contribution in [-0.2, 0) is 5.41 Å². The molecule has 0 fully saturated rings. The minimum absolute atomic E-state index is 0.122. The highest BCUT2D eigenvalue weighted by Crippen LogP contribution is 2.51. The molecule has 13 rings (SSSR count). The number of hydrogen-bond acceptors (Lipinski definition) is 3. The van der Waals surface area contributed by atoms with E-state index in [9.17, 15) is 0 Å². The number of nitrogens with zero attached hydrogens (tertiary/aromatic N) is 2. The van der Waals surface area contributed by atoms with Gasteiger partial charge in [0.15, 0.2) is 0 Å². The predicted molar refractivity (Wildman–Crippen MR) is 302 cm³/mol. The molecule has 1 heterocycles. The van der Waals surface area contributed by atoms with Gasteiger partial charge in [-0.15, -0.1) is 0 Å². The maximum atomic E-state index is 7.02. The third-order valence-electron chi connectivity index (χ3n) is 14.7. The van der Waals surface area contributed by atoms with E-state index in [4.69, 9.17) is 4.42 Å². The molecule has 0 bridgehead atoms. The van der Waals surface area contributed by atoms with Crippen LogP contribution in [0.1, 0.15) is 25.0 Å². The van der Waals surface area contributed by atoms with E-state index in [-0.39, 0.29) is 5.41 Å². The summed E-state index contributed by atoms with van der Waals surface area (Å²) in [4.78, 5) is 4.70. The molecule has 0 amide bonds. The Bertz CT molecular complexity index is 3900. The predicted octanol–water partition coefficient (Wildman–Crippen LogP) is 19.5. The molecule has 0 saturated heterocycles. The molecule has 0 spiro atoms. The molecule has 0 atom stereocenters. The molecular weight excluding hydrogens is 873 g/mol. The summed E-state index contributed by atoms with van der Waals surface area (Å²) in [7, 11) is 0. The third-order valence-corrected chi connectivity index (χ3v) is 14.7. The van der Waals surface area contributed by atoms with Gasteiger partial charge in [-0.3, -0.25) is 0 Å². The topological polar surface area (TPSA) is 19.6 Å². The van der Waals surface area contributed by atoms with Crippen LogP contribution >= 0.6 is 0 Å². The van der Waals surface area contributed by atoms with Crippen molar-refractivity contribution in [2.24, 2.45) is 0 Å². The number of anilines is 6. The van der Waals surface area contributed by atoms with Crippen molar-refractivity contribution in [3.63, 3.8) is 0 Å². The highest BCUT2D eigenvalue weighted by molar-refractivity contribution is 6.13. The normalized spacial score (nSPS) is 12.4. The molecule has 0 saturated carbocycles. The zero-order valence-corrected chi connectivity index (χ0v) is 40.2. The number of furan rings is 1. The second kappa shape index (κ2) is 17.7. The second-order valence-electron chi connectivity index (χ2n) is 19.3. The van der Waals surface area contributed by atoms with E-state index >= 15 is 0 Å². The fourth-order valence-electron chi connectivity index (χ4n) is 11.0. The van der Waals surface area contributed by atoms with E-state index in [1.54, 1.807) is 0 Å². The summed E-state index contributed by atoms with van der Waals surface area (Å²) in [5.41, 5.74) is 22.7. The largest absolute Gasteiger partial charge is 0.455 e. The van der Waals surface area contributed by atoms with Crippen molar-refractivity contribution in [1.29, 1.82) is 0 Å². The summed E-state index contributed by atoms with van der Waals surface area (Å²) in [5, 5.41) is 2.20. The minimum atomic E-state index is -0.122. The zero-order chi connectivity index (χ0) is 48.2. The van der Waals surface area contributed by atoms with Crippen LogP contribution in [-0.4, -0.2) is 0 Å². The molecule has 342 valence electrons. The van der Waals surface area contributed by atoms with Crippen LogP contribution in [0.3, 0.4) is 0 Å². The summed E-state index contributed by atoms with van der Waals surface area (Å²) >= 11 is 0. The molecule has 3 nitrogen and oxygen atoms in total. The molecule has 11 aromatic carbocycles. The Morgan fingerprint density at radius 3 is 1.10 bits per heavy atom. The number of hydrogen-bond donors (Lipinski definition) is 0. The molecule has 1 aliphatic carbocycles. The SMILES string of the molecule is CC1(C)c2ccccc2-c2ccc(N(c3ccc(-c4ccccc4)cc3)c3ccc(-c4cccc5c4oc4c(-c6ccc(N(c7ccccc7)c7ccc(-c8ccccc8)cc7)cc6)cccc45)cc3)cc21. The van der Waals surface area contributed by atoms with Gasteiger partial charge in [-0.2, -0.15) is 0 Å². The van der Waals surface area contributed by atoms with Crippen molar-refractivity contribution in [3.8, 4) is 55.6 Å². The Morgan fingerprint density at radius 1 is 0.264 bits per heavy atom. The summed E-state index contributed by atoms with van der Waals surface area (Å²) in [5.74, 6) is 0. The number of fused-ring (bicyclic) bond motifs is 6. The first-order chi connectivity index (χ1) is 35.5. The molecule has 1 aromatic heterocycles. The Balaban J connectivity index is 0.847. The third kappa shape index (κ3) is 7.46. The van der Waals surface area contributed by atoms with Crippen molar-refractivity contribution in [2.45, 2.75) is 19.3 Å². The van der Waals surface area contributed by atoms with Crippen LogP contribution in [0, 0.1) is 0 Å². The molecule has 12 aromatic rings. The van der Waals surface area contributed by atoms with E-state index < -0.39 is 0 Å². The molecule has 0 unspecified atom stereocenters. The van der Waals surface area contributed by atoms with Crippen LogP contribution in [0.5, 0.6) is 0 Å².